The molecule has 0 aliphatic heterocycles. The van der Waals surface area contributed by atoms with Crippen LogP contribution in [0.25, 0.3) is 0 Å². The Bertz CT molecular complexity index is 417. The third-order valence-corrected chi connectivity index (χ3v) is 3.14. The fourth-order valence-electron chi connectivity index (χ4n) is 2.29. The van der Waals surface area contributed by atoms with Crippen LogP contribution in [0.1, 0.15) is 38.8 Å². The van der Waals surface area contributed by atoms with Crippen molar-refractivity contribution in [1.82, 2.24) is 4.90 Å². The highest BCUT2D eigenvalue weighted by atomic mass is 16.5. The van der Waals surface area contributed by atoms with Crippen molar-refractivity contribution in [2.75, 3.05) is 14.1 Å². The van der Waals surface area contributed by atoms with Gasteiger partial charge in [-0.15, -0.1) is 0 Å². The third-order valence-electron chi connectivity index (χ3n) is 3.14. The van der Waals surface area contributed by atoms with Crippen molar-refractivity contribution in [3.05, 3.63) is 29.8 Å². The molecule has 2 atom stereocenters. The summed E-state index contributed by atoms with van der Waals surface area (Å²) < 4.78 is 5.64. The Hall–Kier alpha value is -1.53. The monoisotopic (exact) mass is 260 g/mol. The zero-order valence-electron chi connectivity index (χ0n) is 12.6. The van der Waals surface area contributed by atoms with Gasteiger partial charge < -0.3 is 9.64 Å². The fourth-order valence-corrected chi connectivity index (χ4v) is 2.29. The van der Waals surface area contributed by atoms with E-state index < -0.39 is 0 Å². The van der Waals surface area contributed by atoms with Gasteiger partial charge in [0.2, 0.25) is 0 Å². The lowest BCUT2D eigenvalue weighted by Gasteiger charge is -2.28. The van der Waals surface area contributed by atoms with Crippen molar-refractivity contribution in [3.63, 3.8) is 0 Å². The first kappa shape index (κ1) is 15.5. The second-order valence-corrected chi connectivity index (χ2v) is 5.29. The summed E-state index contributed by atoms with van der Waals surface area (Å²) >= 11 is 0. The number of nitrogens with zero attached hydrogens (tertiary/aromatic N) is 2. The van der Waals surface area contributed by atoms with Gasteiger partial charge in [0.25, 0.3) is 0 Å². The van der Waals surface area contributed by atoms with E-state index in [2.05, 4.69) is 30.0 Å². The van der Waals surface area contributed by atoms with Crippen molar-refractivity contribution in [3.8, 4) is 11.8 Å². The summed E-state index contributed by atoms with van der Waals surface area (Å²) in [5.74, 6) is 0.883. The van der Waals surface area contributed by atoms with Gasteiger partial charge in [0.1, 0.15) is 5.75 Å². The van der Waals surface area contributed by atoms with Crippen molar-refractivity contribution < 1.29 is 4.74 Å². The molecule has 1 aromatic rings. The molecule has 0 aliphatic carbocycles. The molecule has 3 nitrogen and oxygen atoms in total. The van der Waals surface area contributed by atoms with E-state index in [0.717, 1.165) is 17.7 Å². The van der Waals surface area contributed by atoms with Crippen LogP contribution in [0.3, 0.4) is 0 Å². The Morgan fingerprint density at radius 2 is 1.79 bits per heavy atom. The van der Waals surface area contributed by atoms with Gasteiger partial charge in [-0.1, -0.05) is 19.1 Å². The summed E-state index contributed by atoms with van der Waals surface area (Å²) in [4.78, 5) is 2.11. The molecule has 0 heterocycles. The third kappa shape index (κ3) is 4.25. The summed E-state index contributed by atoms with van der Waals surface area (Å²) in [5, 5.41) is 9.28. The van der Waals surface area contributed by atoms with E-state index >= 15 is 0 Å². The van der Waals surface area contributed by atoms with Gasteiger partial charge in [-0.05, 0) is 52.1 Å². The van der Waals surface area contributed by atoms with Gasteiger partial charge >= 0.3 is 0 Å². The van der Waals surface area contributed by atoms with E-state index in [1.807, 2.05) is 40.1 Å². The average molecular weight is 260 g/mol. The van der Waals surface area contributed by atoms with Crippen LogP contribution in [0, 0.1) is 17.2 Å². The maximum atomic E-state index is 9.28. The molecule has 0 fully saturated rings. The Balaban J connectivity index is 2.95. The summed E-state index contributed by atoms with van der Waals surface area (Å²) in [6.07, 6.45) is 1.03. The van der Waals surface area contributed by atoms with E-state index in [-0.39, 0.29) is 18.1 Å². The van der Waals surface area contributed by atoms with Crippen LogP contribution in [0.5, 0.6) is 5.75 Å². The van der Waals surface area contributed by atoms with Gasteiger partial charge in [0.05, 0.1) is 24.1 Å². The van der Waals surface area contributed by atoms with Crippen molar-refractivity contribution in [2.45, 2.75) is 39.3 Å². The quantitative estimate of drug-likeness (QED) is 0.783. The van der Waals surface area contributed by atoms with E-state index in [9.17, 15) is 5.26 Å². The predicted molar refractivity (Wildman–Crippen MR) is 78.0 cm³/mol. The van der Waals surface area contributed by atoms with Crippen LogP contribution in [-0.2, 0) is 0 Å². The number of rotatable bonds is 6. The highest BCUT2D eigenvalue weighted by Gasteiger charge is 2.23. The van der Waals surface area contributed by atoms with Crippen molar-refractivity contribution in [2.24, 2.45) is 5.92 Å². The molecular formula is C16H24N2O. The number of nitriles is 1. The Morgan fingerprint density at radius 1 is 1.21 bits per heavy atom. The number of ether oxygens (including phenoxy) is 1. The highest BCUT2D eigenvalue weighted by Crippen LogP contribution is 2.30. The minimum Gasteiger partial charge on any atom is -0.491 e. The molecule has 0 radical (unpaired) electrons. The molecule has 0 bridgehead atoms. The van der Waals surface area contributed by atoms with Gasteiger partial charge in [-0.3, -0.25) is 0 Å². The smallest absolute Gasteiger partial charge is 0.119 e. The molecule has 3 heteroatoms. The van der Waals surface area contributed by atoms with E-state index in [1.54, 1.807) is 0 Å². The lowest BCUT2D eigenvalue weighted by Crippen LogP contribution is -2.26. The zero-order valence-corrected chi connectivity index (χ0v) is 12.6. The zero-order chi connectivity index (χ0) is 14.4. The first-order valence-corrected chi connectivity index (χ1v) is 6.82. The second-order valence-electron chi connectivity index (χ2n) is 5.29. The summed E-state index contributed by atoms with van der Waals surface area (Å²) in [6, 6.07) is 10.6. The van der Waals surface area contributed by atoms with Gasteiger partial charge in [-0.2, -0.15) is 5.26 Å². The lowest BCUT2D eigenvalue weighted by atomic mass is 9.91. The summed E-state index contributed by atoms with van der Waals surface area (Å²) in [7, 11) is 4.03. The molecular weight excluding hydrogens is 236 g/mol. The number of hydrogen-bond donors (Lipinski definition) is 0. The maximum absolute atomic E-state index is 9.28. The Kier molecular flexibility index (Phi) is 5.85. The SMILES string of the molecule is CCC(C#N)C(c1ccc(OC(C)C)cc1)N(C)C. The molecule has 0 N–H and O–H groups in total. The van der Waals surface area contributed by atoms with Crippen LogP contribution in [-0.4, -0.2) is 25.1 Å². The molecule has 0 saturated carbocycles. The minimum atomic E-state index is 0.00636. The minimum absolute atomic E-state index is 0.00636. The molecule has 0 saturated heterocycles. The van der Waals surface area contributed by atoms with Gasteiger partial charge in [-0.25, -0.2) is 0 Å². The summed E-state index contributed by atoms with van der Waals surface area (Å²) in [6.45, 7) is 6.08. The maximum Gasteiger partial charge on any atom is 0.119 e. The topological polar surface area (TPSA) is 36.3 Å². The molecule has 0 amide bonds. The predicted octanol–water partition coefficient (Wildman–Crippen LogP) is 3.63. The van der Waals surface area contributed by atoms with E-state index in [4.69, 9.17) is 4.74 Å². The van der Waals surface area contributed by atoms with Crippen molar-refractivity contribution in [1.29, 1.82) is 5.26 Å². The Labute approximate surface area is 116 Å². The Morgan fingerprint density at radius 3 is 2.16 bits per heavy atom. The molecule has 1 rings (SSSR count). The molecule has 19 heavy (non-hydrogen) atoms. The first-order valence-electron chi connectivity index (χ1n) is 6.82. The van der Waals surface area contributed by atoms with E-state index in [0.29, 0.717) is 0 Å². The van der Waals surface area contributed by atoms with Crippen LogP contribution < -0.4 is 4.74 Å². The van der Waals surface area contributed by atoms with Crippen LogP contribution in [0.2, 0.25) is 0 Å². The summed E-state index contributed by atoms with van der Waals surface area (Å²) in [5.41, 5.74) is 1.16. The molecule has 0 aromatic heterocycles. The van der Waals surface area contributed by atoms with Gasteiger partial charge in [0.15, 0.2) is 0 Å². The number of hydrogen-bond acceptors (Lipinski definition) is 3. The second kappa shape index (κ2) is 7.16. The molecule has 1 aromatic carbocycles. The normalized spacial score (nSPS) is 14.2. The average Bonchev–Trinajstić information content (AvgIpc) is 2.36. The molecule has 2 unspecified atom stereocenters. The van der Waals surface area contributed by atoms with Crippen LogP contribution >= 0.6 is 0 Å². The molecule has 104 valence electrons. The lowest BCUT2D eigenvalue weighted by molar-refractivity contribution is 0.236. The van der Waals surface area contributed by atoms with Crippen molar-refractivity contribution >= 4 is 0 Å². The number of benzene rings is 1. The largest absolute Gasteiger partial charge is 0.491 e. The first-order chi connectivity index (χ1) is 8.99. The fraction of sp³-hybridized carbons (Fsp3) is 0.562. The van der Waals surface area contributed by atoms with E-state index in [1.165, 1.54) is 0 Å². The highest BCUT2D eigenvalue weighted by molar-refractivity contribution is 5.30. The van der Waals surface area contributed by atoms with Gasteiger partial charge in [0, 0.05) is 0 Å². The van der Waals surface area contributed by atoms with Crippen LogP contribution in [0.15, 0.2) is 24.3 Å². The molecule has 0 spiro atoms. The van der Waals surface area contributed by atoms with Crippen LogP contribution in [0.4, 0.5) is 0 Å². The standard InChI is InChI=1S/C16H24N2O/c1-6-13(11-17)16(18(4)5)14-7-9-15(10-8-14)19-12(2)3/h7-10,12-13,16H,6H2,1-5H3. The molecule has 0 aliphatic rings.